The summed E-state index contributed by atoms with van der Waals surface area (Å²) in [4.78, 5) is 0. The van der Waals surface area contributed by atoms with Crippen molar-refractivity contribution >= 4 is 0 Å². The number of halogens is 3. The molecule has 6 heteroatoms. The van der Waals surface area contributed by atoms with E-state index in [1.54, 1.807) is 18.3 Å². The average molecular weight is 241 g/mol. The van der Waals surface area contributed by atoms with E-state index >= 15 is 0 Å². The first-order valence-electron chi connectivity index (χ1n) is 4.93. The van der Waals surface area contributed by atoms with Gasteiger partial charge in [-0.2, -0.15) is 18.3 Å². The predicted octanol–water partition coefficient (Wildman–Crippen LogP) is 2.35. The fourth-order valence-electron chi connectivity index (χ4n) is 1.44. The summed E-state index contributed by atoms with van der Waals surface area (Å²) < 4.78 is 38.9. The van der Waals surface area contributed by atoms with Crippen LogP contribution in [0.1, 0.15) is 11.3 Å². The fourth-order valence-corrected chi connectivity index (χ4v) is 1.44. The van der Waals surface area contributed by atoms with Crippen molar-refractivity contribution in [1.29, 1.82) is 0 Å². The second kappa shape index (κ2) is 4.21. The van der Waals surface area contributed by atoms with Crippen molar-refractivity contribution in [3.05, 3.63) is 47.8 Å². The summed E-state index contributed by atoms with van der Waals surface area (Å²) in [6.45, 7) is 0.256. The predicted molar refractivity (Wildman–Crippen MR) is 56.5 cm³/mol. The summed E-state index contributed by atoms with van der Waals surface area (Å²) in [6.07, 6.45) is -2.77. The van der Waals surface area contributed by atoms with E-state index < -0.39 is 11.7 Å². The molecule has 0 spiro atoms. The van der Waals surface area contributed by atoms with Gasteiger partial charge in [0.1, 0.15) is 0 Å². The van der Waals surface area contributed by atoms with Crippen molar-refractivity contribution < 1.29 is 13.2 Å². The lowest BCUT2D eigenvalue weighted by molar-refractivity contribution is -0.137. The zero-order valence-electron chi connectivity index (χ0n) is 8.78. The van der Waals surface area contributed by atoms with Crippen molar-refractivity contribution in [1.82, 2.24) is 9.78 Å². The van der Waals surface area contributed by atoms with Gasteiger partial charge in [-0.25, -0.2) is 4.68 Å². The van der Waals surface area contributed by atoms with Gasteiger partial charge in [0.2, 0.25) is 0 Å². The molecule has 90 valence electrons. The molecule has 0 saturated carbocycles. The molecule has 0 unspecified atom stereocenters. The highest BCUT2D eigenvalue weighted by molar-refractivity contribution is 5.36. The molecule has 2 rings (SSSR count). The van der Waals surface area contributed by atoms with Crippen LogP contribution in [0.5, 0.6) is 0 Å². The molecular weight excluding hydrogens is 231 g/mol. The van der Waals surface area contributed by atoms with Gasteiger partial charge in [-0.3, -0.25) is 0 Å². The summed E-state index contributed by atoms with van der Waals surface area (Å²) in [7, 11) is 0. The van der Waals surface area contributed by atoms with Gasteiger partial charge >= 0.3 is 6.18 Å². The van der Waals surface area contributed by atoms with E-state index in [2.05, 4.69) is 5.10 Å². The molecule has 0 bridgehead atoms. The minimum atomic E-state index is -4.35. The molecule has 2 aromatic rings. The van der Waals surface area contributed by atoms with Crippen LogP contribution < -0.4 is 5.73 Å². The van der Waals surface area contributed by atoms with Gasteiger partial charge in [-0.1, -0.05) is 6.07 Å². The van der Waals surface area contributed by atoms with Crippen LogP contribution in [-0.4, -0.2) is 9.78 Å². The van der Waals surface area contributed by atoms with E-state index in [4.69, 9.17) is 5.73 Å². The number of benzene rings is 1. The quantitative estimate of drug-likeness (QED) is 0.877. The Morgan fingerprint density at radius 2 is 2.00 bits per heavy atom. The third-order valence-electron chi connectivity index (χ3n) is 2.29. The summed E-state index contributed by atoms with van der Waals surface area (Å²) >= 11 is 0. The Bertz CT molecular complexity index is 517. The molecule has 17 heavy (non-hydrogen) atoms. The monoisotopic (exact) mass is 241 g/mol. The van der Waals surface area contributed by atoms with Crippen LogP contribution in [0.4, 0.5) is 13.2 Å². The minimum Gasteiger partial charge on any atom is -0.325 e. The van der Waals surface area contributed by atoms with E-state index in [1.807, 2.05) is 0 Å². The molecule has 3 nitrogen and oxygen atoms in total. The SMILES string of the molecule is NCc1ccn(-c2cccc(C(F)(F)F)c2)n1. The van der Waals surface area contributed by atoms with Crippen molar-refractivity contribution in [3.63, 3.8) is 0 Å². The topological polar surface area (TPSA) is 43.8 Å². The smallest absolute Gasteiger partial charge is 0.325 e. The van der Waals surface area contributed by atoms with E-state index in [9.17, 15) is 13.2 Å². The number of hydrogen-bond donors (Lipinski definition) is 1. The number of nitrogens with two attached hydrogens (primary N) is 1. The first kappa shape index (κ1) is 11.7. The first-order valence-corrected chi connectivity index (χ1v) is 4.93. The number of rotatable bonds is 2. The van der Waals surface area contributed by atoms with E-state index in [1.165, 1.54) is 10.7 Å². The maximum Gasteiger partial charge on any atom is 0.416 e. The molecule has 2 N–H and O–H groups in total. The van der Waals surface area contributed by atoms with Gasteiger partial charge in [-0.15, -0.1) is 0 Å². The molecule has 0 saturated heterocycles. The third kappa shape index (κ3) is 2.47. The Morgan fingerprint density at radius 1 is 1.24 bits per heavy atom. The Morgan fingerprint density at radius 3 is 2.59 bits per heavy atom. The molecule has 0 amide bonds. The van der Waals surface area contributed by atoms with Crippen LogP contribution in [0.3, 0.4) is 0 Å². The van der Waals surface area contributed by atoms with E-state index in [0.29, 0.717) is 11.4 Å². The summed E-state index contributed by atoms with van der Waals surface area (Å²) in [6, 6.07) is 6.65. The summed E-state index contributed by atoms with van der Waals surface area (Å²) in [5.41, 5.74) is 5.68. The average Bonchev–Trinajstić information content (AvgIpc) is 2.76. The molecular formula is C11H10F3N3. The van der Waals surface area contributed by atoms with Crippen LogP contribution in [-0.2, 0) is 12.7 Å². The normalized spacial score (nSPS) is 11.8. The highest BCUT2D eigenvalue weighted by atomic mass is 19.4. The highest BCUT2D eigenvalue weighted by Gasteiger charge is 2.30. The Labute approximate surface area is 95.7 Å². The van der Waals surface area contributed by atoms with Crippen molar-refractivity contribution in [3.8, 4) is 5.69 Å². The lowest BCUT2D eigenvalue weighted by atomic mass is 10.2. The molecule has 0 aliphatic carbocycles. The molecule has 1 heterocycles. The van der Waals surface area contributed by atoms with Crippen LogP contribution in [0.15, 0.2) is 36.5 Å². The molecule has 0 radical (unpaired) electrons. The van der Waals surface area contributed by atoms with Gasteiger partial charge in [-0.05, 0) is 24.3 Å². The second-order valence-electron chi connectivity index (χ2n) is 3.50. The Balaban J connectivity index is 2.39. The van der Waals surface area contributed by atoms with Gasteiger partial charge in [0, 0.05) is 12.7 Å². The number of nitrogens with zero attached hydrogens (tertiary/aromatic N) is 2. The van der Waals surface area contributed by atoms with Crippen molar-refractivity contribution in [2.75, 3.05) is 0 Å². The molecule has 1 aromatic heterocycles. The number of hydrogen-bond acceptors (Lipinski definition) is 2. The number of aromatic nitrogens is 2. The zero-order valence-corrected chi connectivity index (χ0v) is 8.78. The standard InChI is InChI=1S/C11H10F3N3/c12-11(13,14)8-2-1-3-10(6-8)17-5-4-9(7-15)16-17/h1-6H,7,15H2. The van der Waals surface area contributed by atoms with Crippen LogP contribution in [0.25, 0.3) is 5.69 Å². The van der Waals surface area contributed by atoms with E-state index in [-0.39, 0.29) is 6.54 Å². The summed E-state index contributed by atoms with van der Waals surface area (Å²) in [5.74, 6) is 0. The highest BCUT2D eigenvalue weighted by Crippen LogP contribution is 2.30. The van der Waals surface area contributed by atoms with Crippen molar-refractivity contribution in [2.24, 2.45) is 5.73 Å². The van der Waals surface area contributed by atoms with Crippen LogP contribution in [0, 0.1) is 0 Å². The molecule has 0 aliphatic heterocycles. The van der Waals surface area contributed by atoms with E-state index in [0.717, 1.165) is 12.1 Å². The Hall–Kier alpha value is -1.82. The van der Waals surface area contributed by atoms with Gasteiger partial charge in [0.15, 0.2) is 0 Å². The Kier molecular flexibility index (Phi) is 2.89. The van der Waals surface area contributed by atoms with Gasteiger partial charge in [0.05, 0.1) is 16.9 Å². The third-order valence-corrected chi connectivity index (χ3v) is 2.29. The van der Waals surface area contributed by atoms with Gasteiger partial charge in [0.25, 0.3) is 0 Å². The van der Waals surface area contributed by atoms with Gasteiger partial charge < -0.3 is 5.73 Å². The maximum absolute atomic E-state index is 12.5. The first-order chi connectivity index (χ1) is 8.00. The fraction of sp³-hybridized carbons (Fsp3) is 0.182. The minimum absolute atomic E-state index is 0.256. The zero-order chi connectivity index (χ0) is 12.5. The maximum atomic E-state index is 12.5. The molecule has 0 atom stereocenters. The summed E-state index contributed by atoms with van der Waals surface area (Å²) in [5, 5.41) is 4.05. The van der Waals surface area contributed by atoms with Crippen molar-refractivity contribution in [2.45, 2.75) is 12.7 Å². The lowest BCUT2D eigenvalue weighted by Gasteiger charge is -2.08. The molecule has 0 fully saturated rings. The largest absolute Gasteiger partial charge is 0.416 e. The number of alkyl halides is 3. The van der Waals surface area contributed by atoms with Crippen LogP contribution >= 0.6 is 0 Å². The molecule has 1 aromatic carbocycles. The second-order valence-corrected chi connectivity index (χ2v) is 3.50. The lowest BCUT2D eigenvalue weighted by Crippen LogP contribution is -2.06. The van der Waals surface area contributed by atoms with Crippen LogP contribution in [0.2, 0.25) is 0 Å². The molecule has 0 aliphatic rings.